The molecule has 2 aliphatic heterocycles. The van der Waals surface area contributed by atoms with Gasteiger partial charge in [-0.05, 0) is 50.7 Å². The molecule has 2 bridgehead atoms. The molecule has 0 spiro atoms. The molecule has 1 aliphatic carbocycles. The molecule has 1 saturated carbocycles. The Morgan fingerprint density at radius 2 is 1.62 bits per heavy atom. The highest BCUT2D eigenvalue weighted by Gasteiger charge is 2.45. The first kappa shape index (κ1) is 13.3. The summed E-state index contributed by atoms with van der Waals surface area (Å²) in [5.41, 5.74) is 0.785. The molecule has 0 aromatic heterocycles. The fourth-order valence-corrected chi connectivity index (χ4v) is 4.36. The highest BCUT2D eigenvalue weighted by molar-refractivity contribution is 5.94. The fourth-order valence-electron chi connectivity index (χ4n) is 4.36. The SMILES string of the molecule is O=C(NC1C[C@H]2CCC[C@H](C1)N2C1CC1)c1ccccc1. The van der Waals surface area contributed by atoms with Crippen LogP contribution in [0.15, 0.2) is 30.3 Å². The first-order chi connectivity index (χ1) is 10.3. The van der Waals surface area contributed by atoms with Gasteiger partial charge in [-0.2, -0.15) is 0 Å². The third-order valence-corrected chi connectivity index (χ3v) is 5.37. The van der Waals surface area contributed by atoms with E-state index in [0.29, 0.717) is 18.1 Å². The Morgan fingerprint density at radius 1 is 0.952 bits per heavy atom. The van der Waals surface area contributed by atoms with Crippen LogP contribution in [0, 0.1) is 0 Å². The van der Waals surface area contributed by atoms with Crippen molar-refractivity contribution < 1.29 is 4.79 Å². The Kier molecular flexibility index (Phi) is 3.46. The predicted molar refractivity (Wildman–Crippen MR) is 83.2 cm³/mol. The van der Waals surface area contributed by atoms with Gasteiger partial charge in [0.15, 0.2) is 0 Å². The zero-order valence-corrected chi connectivity index (χ0v) is 12.5. The Labute approximate surface area is 126 Å². The van der Waals surface area contributed by atoms with E-state index in [-0.39, 0.29) is 5.91 Å². The summed E-state index contributed by atoms with van der Waals surface area (Å²) in [6.45, 7) is 0. The number of carbonyl (C=O) groups excluding carboxylic acids is 1. The van der Waals surface area contributed by atoms with E-state index < -0.39 is 0 Å². The maximum atomic E-state index is 12.3. The van der Waals surface area contributed by atoms with Crippen molar-refractivity contribution >= 4 is 5.91 Å². The first-order valence-electron chi connectivity index (χ1n) is 8.44. The van der Waals surface area contributed by atoms with Gasteiger partial charge in [-0.3, -0.25) is 9.69 Å². The lowest BCUT2D eigenvalue weighted by atomic mass is 9.81. The normalized spacial score (nSPS) is 32.7. The van der Waals surface area contributed by atoms with Gasteiger partial charge in [0, 0.05) is 29.7 Å². The summed E-state index contributed by atoms with van der Waals surface area (Å²) in [6.07, 6.45) is 9.10. The molecule has 112 valence electrons. The fraction of sp³-hybridized carbons (Fsp3) is 0.611. The van der Waals surface area contributed by atoms with Crippen LogP contribution in [-0.2, 0) is 0 Å². The highest BCUT2D eigenvalue weighted by Crippen LogP contribution is 2.41. The first-order valence-corrected chi connectivity index (χ1v) is 8.44. The number of hydrogen-bond donors (Lipinski definition) is 1. The van der Waals surface area contributed by atoms with Crippen molar-refractivity contribution in [1.82, 2.24) is 10.2 Å². The summed E-state index contributed by atoms with van der Waals surface area (Å²) in [5.74, 6) is 0.0959. The molecule has 21 heavy (non-hydrogen) atoms. The van der Waals surface area contributed by atoms with Crippen molar-refractivity contribution in [3.63, 3.8) is 0 Å². The van der Waals surface area contributed by atoms with E-state index in [2.05, 4.69) is 10.2 Å². The highest BCUT2D eigenvalue weighted by atomic mass is 16.1. The molecule has 3 nitrogen and oxygen atoms in total. The minimum Gasteiger partial charge on any atom is -0.349 e. The predicted octanol–water partition coefficient (Wildman–Crippen LogP) is 2.96. The Morgan fingerprint density at radius 3 is 2.24 bits per heavy atom. The maximum absolute atomic E-state index is 12.3. The third kappa shape index (κ3) is 2.71. The molecule has 2 saturated heterocycles. The van der Waals surface area contributed by atoms with Crippen LogP contribution in [0.1, 0.15) is 55.3 Å². The number of piperidine rings is 2. The van der Waals surface area contributed by atoms with Crippen molar-refractivity contribution in [3.05, 3.63) is 35.9 Å². The molecule has 2 heterocycles. The lowest BCUT2D eigenvalue weighted by Crippen LogP contribution is -2.57. The number of rotatable bonds is 3. The third-order valence-electron chi connectivity index (χ3n) is 5.37. The molecule has 3 aliphatic rings. The van der Waals surface area contributed by atoms with Crippen molar-refractivity contribution in [1.29, 1.82) is 0 Å². The van der Waals surface area contributed by atoms with Gasteiger partial charge in [0.05, 0.1) is 0 Å². The van der Waals surface area contributed by atoms with Gasteiger partial charge >= 0.3 is 0 Å². The van der Waals surface area contributed by atoms with E-state index in [1.165, 1.54) is 32.1 Å². The summed E-state index contributed by atoms with van der Waals surface area (Å²) in [6, 6.07) is 12.3. The zero-order chi connectivity index (χ0) is 14.2. The lowest BCUT2D eigenvalue weighted by Gasteiger charge is -2.49. The molecular formula is C18H24N2O. The van der Waals surface area contributed by atoms with Gasteiger partial charge in [-0.25, -0.2) is 0 Å². The number of nitrogens with zero attached hydrogens (tertiary/aromatic N) is 1. The molecule has 1 amide bonds. The van der Waals surface area contributed by atoms with E-state index >= 15 is 0 Å². The van der Waals surface area contributed by atoms with Crippen molar-refractivity contribution in [3.8, 4) is 0 Å². The molecule has 3 fully saturated rings. The molecule has 4 rings (SSSR count). The minimum absolute atomic E-state index is 0.0959. The van der Waals surface area contributed by atoms with Crippen LogP contribution in [-0.4, -0.2) is 35.0 Å². The molecule has 0 unspecified atom stereocenters. The number of fused-ring (bicyclic) bond motifs is 2. The van der Waals surface area contributed by atoms with E-state index in [9.17, 15) is 4.79 Å². The topological polar surface area (TPSA) is 32.3 Å². The Balaban J connectivity index is 1.42. The number of nitrogens with one attached hydrogen (secondary N) is 1. The van der Waals surface area contributed by atoms with E-state index in [0.717, 1.165) is 24.4 Å². The Hall–Kier alpha value is -1.35. The quantitative estimate of drug-likeness (QED) is 0.925. The second kappa shape index (κ2) is 5.45. The van der Waals surface area contributed by atoms with E-state index in [1.807, 2.05) is 30.3 Å². The van der Waals surface area contributed by atoms with Gasteiger partial charge in [-0.15, -0.1) is 0 Å². The minimum atomic E-state index is 0.0959. The van der Waals surface area contributed by atoms with Gasteiger partial charge in [0.1, 0.15) is 0 Å². The molecule has 0 radical (unpaired) electrons. The maximum Gasteiger partial charge on any atom is 0.251 e. The average molecular weight is 284 g/mol. The number of amides is 1. The smallest absolute Gasteiger partial charge is 0.251 e. The number of hydrogen-bond acceptors (Lipinski definition) is 2. The summed E-state index contributed by atoms with van der Waals surface area (Å²) in [5, 5.41) is 3.28. The number of benzene rings is 1. The van der Waals surface area contributed by atoms with E-state index in [1.54, 1.807) is 0 Å². The second-order valence-electron chi connectivity index (χ2n) is 6.92. The van der Waals surface area contributed by atoms with Crippen molar-refractivity contribution in [2.45, 2.75) is 69.1 Å². The van der Waals surface area contributed by atoms with Crippen molar-refractivity contribution in [2.24, 2.45) is 0 Å². The van der Waals surface area contributed by atoms with E-state index in [4.69, 9.17) is 0 Å². The van der Waals surface area contributed by atoms with Crippen molar-refractivity contribution in [2.75, 3.05) is 0 Å². The number of carbonyl (C=O) groups is 1. The van der Waals surface area contributed by atoms with Crippen LogP contribution < -0.4 is 5.32 Å². The van der Waals surface area contributed by atoms with Crippen LogP contribution >= 0.6 is 0 Å². The molecule has 1 N–H and O–H groups in total. The van der Waals surface area contributed by atoms with Crippen LogP contribution in [0.4, 0.5) is 0 Å². The summed E-state index contributed by atoms with van der Waals surface area (Å²) >= 11 is 0. The molecule has 1 aromatic carbocycles. The van der Waals surface area contributed by atoms with Crippen LogP contribution in [0.3, 0.4) is 0 Å². The van der Waals surface area contributed by atoms with Gasteiger partial charge in [0.2, 0.25) is 0 Å². The molecular weight excluding hydrogens is 260 g/mol. The van der Waals surface area contributed by atoms with Crippen LogP contribution in [0.2, 0.25) is 0 Å². The summed E-state index contributed by atoms with van der Waals surface area (Å²) < 4.78 is 0. The van der Waals surface area contributed by atoms with Crippen LogP contribution in [0.5, 0.6) is 0 Å². The molecule has 3 heteroatoms. The van der Waals surface area contributed by atoms with Gasteiger partial charge in [-0.1, -0.05) is 24.6 Å². The summed E-state index contributed by atoms with van der Waals surface area (Å²) in [7, 11) is 0. The zero-order valence-electron chi connectivity index (χ0n) is 12.5. The largest absolute Gasteiger partial charge is 0.349 e. The molecule has 2 atom stereocenters. The van der Waals surface area contributed by atoms with Gasteiger partial charge in [0.25, 0.3) is 5.91 Å². The Bertz CT molecular complexity index is 497. The second-order valence-corrected chi connectivity index (χ2v) is 6.92. The lowest BCUT2D eigenvalue weighted by molar-refractivity contribution is 0.0175. The summed E-state index contributed by atoms with van der Waals surface area (Å²) in [4.78, 5) is 15.1. The molecule has 1 aromatic rings. The van der Waals surface area contributed by atoms with Crippen LogP contribution in [0.25, 0.3) is 0 Å². The standard InChI is InChI=1S/C18H24N2O/c21-18(13-5-2-1-3-6-13)19-14-11-16-7-4-8-17(12-14)20(16)15-9-10-15/h1-3,5-6,14-17H,4,7-12H2,(H,19,21)/t16-,17-/m1/s1. The monoisotopic (exact) mass is 284 g/mol. The van der Waals surface area contributed by atoms with Gasteiger partial charge < -0.3 is 5.32 Å². The average Bonchev–Trinajstić information content (AvgIpc) is 3.32.